The zero-order valence-corrected chi connectivity index (χ0v) is 29.0. The molecule has 2 aliphatic heterocycles. The minimum atomic E-state index is -3.87. The van der Waals surface area contributed by atoms with Crippen LogP contribution in [0.2, 0.25) is 10.0 Å². The van der Waals surface area contributed by atoms with E-state index in [0.717, 1.165) is 0 Å². The van der Waals surface area contributed by atoms with Gasteiger partial charge in [0.05, 0.1) is 27.3 Å². The van der Waals surface area contributed by atoms with E-state index in [0.29, 0.717) is 78.6 Å². The first-order valence-electron chi connectivity index (χ1n) is 15.2. The molecule has 1 saturated heterocycles. The summed E-state index contributed by atoms with van der Waals surface area (Å²) in [6.07, 6.45) is 1.63. The molecule has 0 aliphatic carbocycles. The van der Waals surface area contributed by atoms with E-state index in [4.69, 9.17) is 28.9 Å². The first-order valence-corrected chi connectivity index (χ1v) is 17.6. The number of piperazine rings is 1. The summed E-state index contributed by atoms with van der Waals surface area (Å²) >= 11 is 12.5. The summed E-state index contributed by atoms with van der Waals surface area (Å²) in [6, 6.07) is 9.26. The maximum atomic E-state index is 13.4. The molecule has 0 bridgehead atoms. The number of carbonyl (C=O) groups excluding carboxylic acids is 3. The number of halogens is 2. The van der Waals surface area contributed by atoms with Crippen molar-refractivity contribution in [1.29, 1.82) is 0 Å². The molecule has 2 aliphatic rings. The minimum absolute atomic E-state index is 0.0188. The Balaban J connectivity index is 1.28. The van der Waals surface area contributed by atoms with Gasteiger partial charge in [-0.15, -0.1) is 0 Å². The normalized spacial score (nSPS) is 16.4. The number of carbonyl (C=O) groups is 3. The molecule has 47 heavy (non-hydrogen) atoms. The third-order valence-corrected chi connectivity index (χ3v) is 10.8. The molecule has 0 unspecified atom stereocenters. The second-order valence-electron chi connectivity index (χ2n) is 12.5. The van der Waals surface area contributed by atoms with Crippen molar-refractivity contribution in [2.24, 2.45) is 5.73 Å². The number of rotatable bonds is 9. The van der Waals surface area contributed by atoms with Gasteiger partial charge in [-0.05, 0) is 69.7 Å². The summed E-state index contributed by atoms with van der Waals surface area (Å²) in [5, 5.41) is 6.27. The Morgan fingerprint density at radius 1 is 1.06 bits per heavy atom. The van der Waals surface area contributed by atoms with Crippen LogP contribution in [0.5, 0.6) is 0 Å². The number of nitrogens with zero attached hydrogens (tertiary/aromatic N) is 2. The summed E-state index contributed by atoms with van der Waals surface area (Å²) in [6.45, 7) is 10.6. The number of hydrogen-bond acceptors (Lipinski definition) is 7. The topological polar surface area (TPSA) is 158 Å². The molecule has 5 N–H and O–H groups in total. The van der Waals surface area contributed by atoms with Gasteiger partial charge in [-0.3, -0.25) is 19.3 Å². The molecule has 3 heterocycles. The highest BCUT2D eigenvalue weighted by Crippen LogP contribution is 2.37. The molecule has 0 spiro atoms. The van der Waals surface area contributed by atoms with Crippen molar-refractivity contribution in [3.8, 4) is 0 Å². The predicted octanol–water partition coefficient (Wildman–Crippen LogP) is 4.02. The number of nitrogens with two attached hydrogens (primary N) is 1. The zero-order valence-electron chi connectivity index (χ0n) is 26.7. The van der Waals surface area contributed by atoms with E-state index in [1.807, 2.05) is 0 Å². The molecule has 5 rings (SSSR count). The van der Waals surface area contributed by atoms with Crippen LogP contribution in [0.25, 0.3) is 11.6 Å². The van der Waals surface area contributed by atoms with Crippen molar-refractivity contribution in [1.82, 2.24) is 20.1 Å². The van der Waals surface area contributed by atoms with Crippen molar-refractivity contribution in [2.45, 2.75) is 43.9 Å². The fourth-order valence-corrected chi connectivity index (χ4v) is 7.97. The smallest absolute Gasteiger partial charge is 0.256 e. The summed E-state index contributed by atoms with van der Waals surface area (Å²) < 4.78 is 26.8. The second kappa shape index (κ2) is 13.4. The number of anilines is 1. The van der Waals surface area contributed by atoms with E-state index in [1.54, 1.807) is 62.9 Å². The molecule has 3 amide bonds. The van der Waals surface area contributed by atoms with Crippen LogP contribution < -0.4 is 16.4 Å². The maximum Gasteiger partial charge on any atom is 0.256 e. The van der Waals surface area contributed by atoms with Gasteiger partial charge in [0.2, 0.25) is 5.91 Å². The number of aromatic nitrogens is 1. The molecular formula is C33H38Cl2N6O5S. The summed E-state index contributed by atoms with van der Waals surface area (Å²) in [4.78, 5) is 45.9. The first kappa shape index (κ1) is 34.6. The van der Waals surface area contributed by atoms with Gasteiger partial charge in [0, 0.05) is 77.5 Å². The fourth-order valence-electron chi connectivity index (χ4n) is 5.85. The Morgan fingerprint density at radius 2 is 1.72 bits per heavy atom. The van der Waals surface area contributed by atoms with Crippen molar-refractivity contribution in [2.75, 3.05) is 44.6 Å². The quantitative estimate of drug-likeness (QED) is 0.246. The molecule has 2 aromatic carbocycles. The van der Waals surface area contributed by atoms with Gasteiger partial charge < -0.3 is 26.3 Å². The molecule has 0 radical (unpaired) electrons. The lowest BCUT2D eigenvalue weighted by atomic mass is 10.0. The lowest BCUT2D eigenvalue weighted by Gasteiger charge is -2.37. The summed E-state index contributed by atoms with van der Waals surface area (Å²) in [7, 11) is -3.87. The van der Waals surface area contributed by atoms with E-state index >= 15 is 0 Å². The number of fused-ring (bicyclic) bond motifs is 1. The average Bonchev–Trinajstić information content (AvgIpc) is 3.47. The molecule has 1 fully saturated rings. The van der Waals surface area contributed by atoms with E-state index in [-0.39, 0.29) is 32.3 Å². The van der Waals surface area contributed by atoms with Crippen molar-refractivity contribution in [3.63, 3.8) is 0 Å². The fraction of sp³-hybridized carbons (Fsp3) is 0.364. The van der Waals surface area contributed by atoms with Crippen LogP contribution in [0.1, 0.15) is 52.3 Å². The highest BCUT2D eigenvalue weighted by molar-refractivity contribution is 7.90. The lowest BCUT2D eigenvalue weighted by Crippen LogP contribution is -2.57. The highest BCUT2D eigenvalue weighted by atomic mass is 35.5. The van der Waals surface area contributed by atoms with Crippen LogP contribution in [0.3, 0.4) is 0 Å². The Hall–Kier alpha value is -3.68. The van der Waals surface area contributed by atoms with Crippen LogP contribution in [-0.4, -0.2) is 85.7 Å². The number of aryl methyl sites for hydroxylation is 1. The second-order valence-corrected chi connectivity index (χ2v) is 15.3. The van der Waals surface area contributed by atoms with Gasteiger partial charge in [-0.2, -0.15) is 0 Å². The molecule has 250 valence electrons. The van der Waals surface area contributed by atoms with Crippen LogP contribution in [-0.2, 0) is 25.2 Å². The number of benzene rings is 2. The number of aromatic amines is 1. The van der Waals surface area contributed by atoms with E-state index in [2.05, 4.69) is 20.5 Å². The van der Waals surface area contributed by atoms with Crippen molar-refractivity contribution >= 4 is 68.1 Å². The molecule has 1 aromatic heterocycles. The van der Waals surface area contributed by atoms with Gasteiger partial charge in [0.25, 0.3) is 11.8 Å². The zero-order chi connectivity index (χ0) is 34.3. The lowest BCUT2D eigenvalue weighted by molar-refractivity contribution is -0.137. The third-order valence-electron chi connectivity index (χ3n) is 8.45. The van der Waals surface area contributed by atoms with E-state index < -0.39 is 27.0 Å². The molecule has 0 saturated carbocycles. The van der Waals surface area contributed by atoms with Crippen LogP contribution in [0.15, 0.2) is 41.3 Å². The standard InChI is InChI=1S/C33H38Cl2N6O5S/c1-19-28(38-20(2)29(19)31(43)37-10-11-40-12-14-41(15-13-40)32(44)33(3,4)36)17-23-22-16-21(8-9-27(22)39-30(23)42)47(45,46)18-24-25(34)6-5-7-26(24)35/h5-9,16-17,38H,10-15,18,36H2,1-4H3,(H,37,43)(H,39,42). The summed E-state index contributed by atoms with van der Waals surface area (Å²) in [5.74, 6) is -1.11. The number of nitrogens with one attached hydrogen (secondary N) is 3. The van der Waals surface area contributed by atoms with Gasteiger partial charge >= 0.3 is 0 Å². The third kappa shape index (κ3) is 7.42. The predicted molar refractivity (Wildman–Crippen MR) is 184 cm³/mol. The molecule has 0 atom stereocenters. The number of hydrogen-bond donors (Lipinski definition) is 4. The minimum Gasteiger partial charge on any atom is -0.358 e. The first-order chi connectivity index (χ1) is 22.1. The molecule has 11 nitrogen and oxygen atoms in total. The van der Waals surface area contributed by atoms with E-state index in [1.165, 1.54) is 12.1 Å². The monoisotopic (exact) mass is 700 g/mol. The van der Waals surface area contributed by atoms with Gasteiger partial charge in [0.1, 0.15) is 0 Å². The SMILES string of the molecule is Cc1[nH]c(C=C2C(=O)Nc3ccc(S(=O)(=O)Cc4c(Cl)cccc4Cl)cc32)c(C)c1C(=O)NCCN1CCN(C(=O)C(C)(C)N)CC1. The number of H-pyrrole nitrogens is 1. The number of sulfone groups is 1. The van der Waals surface area contributed by atoms with Gasteiger partial charge in [0.15, 0.2) is 9.84 Å². The Morgan fingerprint density at radius 3 is 2.36 bits per heavy atom. The van der Waals surface area contributed by atoms with Crippen LogP contribution >= 0.6 is 23.2 Å². The Bertz CT molecular complexity index is 1870. The van der Waals surface area contributed by atoms with E-state index in [9.17, 15) is 22.8 Å². The van der Waals surface area contributed by atoms with Crippen molar-refractivity contribution < 1.29 is 22.8 Å². The van der Waals surface area contributed by atoms with Gasteiger partial charge in [-0.25, -0.2) is 8.42 Å². The number of amides is 3. The Kier molecular flexibility index (Phi) is 9.91. The molecule has 14 heteroatoms. The van der Waals surface area contributed by atoms with Crippen LogP contribution in [0, 0.1) is 13.8 Å². The van der Waals surface area contributed by atoms with Crippen molar-refractivity contribution in [3.05, 3.63) is 80.1 Å². The summed E-state index contributed by atoms with van der Waals surface area (Å²) in [5.41, 5.74) is 8.85. The maximum absolute atomic E-state index is 13.4. The molecular weight excluding hydrogens is 663 g/mol. The Labute approximate surface area is 284 Å². The van der Waals surface area contributed by atoms with Gasteiger partial charge in [-0.1, -0.05) is 29.3 Å². The highest BCUT2D eigenvalue weighted by Gasteiger charge is 2.31. The molecule has 3 aromatic rings. The van der Waals surface area contributed by atoms with Crippen LogP contribution in [0.4, 0.5) is 5.69 Å². The average molecular weight is 702 g/mol. The largest absolute Gasteiger partial charge is 0.358 e.